The number of guanidine groups is 1. The number of benzene rings is 1. The number of ether oxygens (including phenoxy) is 1. The monoisotopic (exact) mass is 385 g/mol. The molecule has 1 aromatic carbocycles. The van der Waals surface area contributed by atoms with Crippen LogP contribution >= 0.6 is 0 Å². The fraction of sp³-hybridized carbons (Fsp3) is 0.545. The number of aliphatic imine (C=N–C) groups is 1. The van der Waals surface area contributed by atoms with Gasteiger partial charge in [0.15, 0.2) is 5.96 Å². The van der Waals surface area contributed by atoms with Gasteiger partial charge >= 0.3 is 0 Å². The molecule has 0 radical (unpaired) electrons. The van der Waals surface area contributed by atoms with Crippen molar-refractivity contribution < 1.29 is 4.74 Å². The first-order chi connectivity index (χ1) is 13.4. The van der Waals surface area contributed by atoms with Crippen molar-refractivity contribution in [1.29, 1.82) is 0 Å². The van der Waals surface area contributed by atoms with E-state index in [9.17, 15) is 0 Å². The fourth-order valence-electron chi connectivity index (χ4n) is 3.16. The van der Waals surface area contributed by atoms with Gasteiger partial charge in [-0.05, 0) is 64.7 Å². The lowest BCUT2D eigenvalue weighted by molar-refractivity contribution is 0.307. The molecule has 0 fully saturated rings. The van der Waals surface area contributed by atoms with Crippen molar-refractivity contribution in [2.24, 2.45) is 12.0 Å². The highest BCUT2D eigenvalue weighted by Crippen LogP contribution is 2.14. The highest BCUT2D eigenvalue weighted by molar-refractivity contribution is 5.79. The number of nitrogens with one attached hydrogen (secondary N) is 2. The van der Waals surface area contributed by atoms with Crippen LogP contribution in [-0.4, -0.2) is 42.0 Å². The van der Waals surface area contributed by atoms with Gasteiger partial charge in [-0.3, -0.25) is 9.67 Å². The normalized spacial score (nSPS) is 12.7. The molecular weight excluding hydrogens is 350 g/mol. The van der Waals surface area contributed by atoms with Gasteiger partial charge in [-0.25, -0.2) is 0 Å². The van der Waals surface area contributed by atoms with Gasteiger partial charge < -0.3 is 15.4 Å². The number of rotatable bonds is 9. The zero-order valence-corrected chi connectivity index (χ0v) is 18.2. The second-order valence-electron chi connectivity index (χ2n) is 7.39. The summed E-state index contributed by atoms with van der Waals surface area (Å²) in [5.41, 5.74) is 4.89. The maximum absolute atomic E-state index is 5.77. The minimum Gasteiger partial charge on any atom is -0.494 e. The number of hydrogen-bond acceptors (Lipinski definition) is 3. The molecule has 28 heavy (non-hydrogen) atoms. The van der Waals surface area contributed by atoms with Crippen molar-refractivity contribution in [1.82, 2.24) is 20.4 Å². The Morgan fingerprint density at radius 2 is 1.89 bits per heavy atom. The Labute approximate surface area is 169 Å². The molecule has 0 aliphatic rings. The second-order valence-corrected chi connectivity index (χ2v) is 7.39. The third-order valence-electron chi connectivity index (χ3n) is 4.93. The Morgan fingerprint density at radius 3 is 2.50 bits per heavy atom. The van der Waals surface area contributed by atoms with Gasteiger partial charge in [-0.1, -0.05) is 17.7 Å². The first-order valence-electron chi connectivity index (χ1n) is 10.1. The Balaban J connectivity index is 1.66. The first kappa shape index (κ1) is 21.8. The van der Waals surface area contributed by atoms with E-state index in [-0.39, 0.29) is 6.04 Å². The quantitative estimate of drug-likeness (QED) is 0.395. The van der Waals surface area contributed by atoms with Crippen molar-refractivity contribution in [3.8, 4) is 5.75 Å². The van der Waals surface area contributed by atoms with E-state index in [1.165, 1.54) is 16.8 Å². The highest BCUT2D eigenvalue weighted by atomic mass is 16.5. The van der Waals surface area contributed by atoms with E-state index in [0.29, 0.717) is 0 Å². The number of aryl methyl sites for hydroxylation is 3. The smallest absolute Gasteiger partial charge is 0.191 e. The molecule has 154 valence electrons. The van der Waals surface area contributed by atoms with Crippen LogP contribution in [0.1, 0.15) is 42.3 Å². The van der Waals surface area contributed by atoms with Crippen LogP contribution in [0, 0.1) is 20.8 Å². The predicted molar refractivity (Wildman–Crippen MR) is 116 cm³/mol. The molecule has 1 unspecified atom stereocenters. The molecule has 0 aliphatic heterocycles. The number of unbranched alkanes of at least 4 members (excludes halogenated alkanes) is 1. The lowest BCUT2D eigenvalue weighted by Crippen LogP contribution is -2.43. The van der Waals surface area contributed by atoms with Gasteiger partial charge in [0.1, 0.15) is 5.75 Å². The maximum Gasteiger partial charge on any atom is 0.191 e. The zero-order chi connectivity index (χ0) is 20.5. The Morgan fingerprint density at radius 1 is 1.18 bits per heavy atom. The minimum atomic E-state index is 0.276. The van der Waals surface area contributed by atoms with E-state index < -0.39 is 0 Å². The molecule has 2 rings (SSSR count). The van der Waals surface area contributed by atoms with Crippen LogP contribution in [-0.2, 0) is 13.5 Å². The first-order valence-corrected chi connectivity index (χ1v) is 10.1. The van der Waals surface area contributed by atoms with Crippen LogP contribution in [0.25, 0.3) is 0 Å². The van der Waals surface area contributed by atoms with Crippen LogP contribution < -0.4 is 15.4 Å². The summed E-state index contributed by atoms with van der Waals surface area (Å²) in [6, 6.07) is 8.46. The summed E-state index contributed by atoms with van der Waals surface area (Å²) in [5, 5.41) is 11.4. The molecule has 2 N–H and O–H groups in total. The Bertz CT molecular complexity index is 764. The lowest BCUT2D eigenvalue weighted by atomic mass is 10.1. The topological polar surface area (TPSA) is 63.5 Å². The Kier molecular flexibility index (Phi) is 8.36. The molecule has 6 heteroatoms. The molecule has 1 atom stereocenters. The molecule has 6 nitrogen and oxygen atoms in total. The summed E-state index contributed by atoms with van der Waals surface area (Å²) >= 11 is 0. The van der Waals surface area contributed by atoms with Gasteiger partial charge in [0.2, 0.25) is 0 Å². The van der Waals surface area contributed by atoms with Crippen molar-refractivity contribution in [3.63, 3.8) is 0 Å². The number of hydrogen-bond donors (Lipinski definition) is 2. The standard InChI is InChI=1S/C22H35N5O/c1-16-9-11-20(12-10-16)28-14-8-7-13-24-22(23-5)25-17(2)15-21-18(3)26-27(6)19(21)4/h9-12,17H,7-8,13-15H2,1-6H3,(H2,23,24,25). The molecule has 0 saturated carbocycles. The Hall–Kier alpha value is -2.50. The van der Waals surface area contributed by atoms with Crippen molar-refractivity contribution in [3.05, 3.63) is 46.8 Å². The van der Waals surface area contributed by atoms with Crippen LogP contribution in [0.15, 0.2) is 29.3 Å². The van der Waals surface area contributed by atoms with Crippen molar-refractivity contribution >= 4 is 5.96 Å². The molecule has 1 heterocycles. The van der Waals surface area contributed by atoms with E-state index >= 15 is 0 Å². The van der Waals surface area contributed by atoms with Gasteiger partial charge in [0.05, 0.1) is 12.3 Å². The van der Waals surface area contributed by atoms with E-state index in [2.05, 4.69) is 60.6 Å². The van der Waals surface area contributed by atoms with Gasteiger partial charge in [-0.2, -0.15) is 5.10 Å². The van der Waals surface area contributed by atoms with E-state index in [4.69, 9.17) is 4.74 Å². The van der Waals surface area contributed by atoms with Crippen LogP contribution in [0.3, 0.4) is 0 Å². The average molecular weight is 386 g/mol. The van der Waals surface area contributed by atoms with Crippen LogP contribution in [0.5, 0.6) is 5.75 Å². The average Bonchev–Trinajstić information content (AvgIpc) is 2.91. The highest BCUT2D eigenvalue weighted by Gasteiger charge is 2.13. The van der Waals surface area contributed by atoms with E-state index in [0.717, 1.165) is 49.8 Å². The SMILES string of the molecule is CN=C(NCCCCOc1ccc(C)cc1)NC(C)Cc1c(C)nn(C)c1C. The third-order valence-corrected chi connectivity index (χ3v) is 4.93. The van der Waals surface area contributed by atoms with E-state index in [1.807, 2.05) is 30.9 Å². The largest absolute Gasteiger partial charge is 0.494 e. The van der Waals surface area contributed by atoms with Crippen molar-refractivity contribution in [2.45, 2.75) is 53.0 Å². The predicted octanol–water partition coefficient (Wildman–Crippen LogP) is 3.30. The summed E-state index contributed by atoms with van der Waals surface area (Å²) in [6.07, 6.45) is 2.96. The molecule has 2 aromatic rings. The molecule has 0 amide bonds. The molecule has 1 aromatic heterocycles. The third kappa shape index (κ3) is 6.59. The molecule has 0 bridgehead atoms. The summed E-state index contributed by atoms with van der Waals surface area (Å²) in [7, 11) is 3.80. The lowest BCUT2D eigenvalue weighted by Gasteiger charge is -2.18. The molecule has 0 saturated heterocycles. The van der Waals surface area contributed by atoms with E-state index in [1.54, 1.807) is 0 Å². The zero-order valence-electron chi connectivity index (χ0n) is 18.2. The second kappa shape index (κ2) is 10.7. The summed E-state index contributed by atoms with van der Waals surface area (Å²) in [5.74, 6) is 1.77. The van der Waals surface area contributed by atoms with Crippen molar-refractivity contribution in [2.75, 3.05) is 20.2 Å². The number of nitrogens with zero attached hydrogens (tertiary/aromatic N) is 3. The summed E-state index contributed by atoms with van der Waals surface area (Å²) in [4.78, 5) is 4.34. The molecule has 0 aliphatic carbocycles. The molecular formula is C22H35N5O. The van der Waals surface area contributed by atoms with Gasteiger partial charge in [0, 0.05) is 32.4 Å². The van der Waals surface area contributed by atoms with Gasteiger partial charge in [0.25, 0.3) is 0 Å². The van der Waals surface area contributed by atoms with Crippen LogP contribution in [0.2, 0.25) is 0 Å². The van der Waals surface area contributed by atoms with Gasteiger partial charge in [-0.15, -0.1) is 0 Å². The summed E-state index contributed by atoms with van der Waals surface area (Å²) in [6.45, 7) is 10.0. The minimum absolute atomic E-state index is 0.276. The van der Waals surface area contributed by atoms with Crippen LogP contribution in [0.4, 0.5) is 0 Å². The maximum atomic E-state index is 5.77. The summed E-state index contributed by atoms with van der Waals surface area (Å²) < 4.78 is 7.72. The number of aromatic nitrogens is 2. The fourth-order valence-corrected chi connectivity index (χ4v) is 3.16. The molecule has 0 spiro atoms.